The number of carbonyl (C=O) groups excluding carboxylic acids is 1. The van der Waals surface area contributed by atoms with Gasteiger partial charge in [-0.05, 0) is 105 Å². The molecule has 2 aromatic heterocycles. The summed E-state index contributed by atoms with van der Waals surface area (Å²) in [5.74, 6) is 1.94. The van der Waals surface area contributed by atoms with E-state index in [9.17, 15) is 13.2 Å². The summed E-state index contributed by atoms with van der Waals surface area (Å²) in [6.07, 6.45) is 9.96. The van der Waals surface area contributed by atoms with Gasteiger partial charge in [0.2, 0.25) is 10.0 Å². The molecule has 3 heterocycles. The Morgan fingerprint density at radius 1 is 1.02 bits per heavy atom. The van der Waals surface area contributed by atoms with Crippen LogP contribution in [-0.2, 0) is 16.6 Å². The van der Waals surface area contributed by atoms with Crippen LogP contribution in [0.25, 0.3) is 11.0 Å². The van der Waals surface area contributed by atoms with E-state index in [1.165, 1.54) is 4.31 Å². The molecule has 2 aromatic carbocycles. The first-order valence-corrected chi connectivity index (χ1v) is 17.0. The molecule has 1 saturated heterocycles. The predicted octanol–water partition coefficient (Wildman–Crippen LogP) is 5.65. The molecule has 10 nitrogen and oxygen atoms in total. The van der Waals surface area contributed by atoms with E-state index in [1.54, 1.807) is 52.5 Å². The van der Waals surface area contributed by atoms with Crippen LogP contribution in [0.2, 0.25) is 0 Å². The second-order valence-corrected chi connectivity index (χ2v) is 14.5. The highest BCUT2D eigenvalue weighted by atomic mass is 32.2. The second-order valence-electron chi connectivity index (χ2n) is 12.5. The number of carbonyl (C=O) groups is 1. The number of piperidine rings is 1. The zero-order chi connectivity index (χ0) is 31.8. The molecule has 6 rings (SSSR count). The Balaban J connectivity index is 1.11. The summed E-state index contributed by atoms with van der Waals surface area (Å²) in [4.78, 5) is 28.0. The van der Waals surface area contributed by atoms with Gasteiger partial charge in [0.1, 0.15) is 17.3 Å². The minimum atomic E-state index is -3.81. The number of hydrogen-bond donors (Lipinski definition) is 1. The fraction of sp³-hybridized carbons (Fsp3) is 0.441. The summed E-state index contributed by atoms with van der Waals surface area (Å²) in [5, 5.41) is 0. The molecule has 4 aromatic rings. The average Bonchev–Trinajstić information content (AvgIpc) is 3.45. The van der Waals surface area contributed by atoms with Gasteiger partial charge in [-0.2, -0.15) is 4.31 Å². The molecule has 2 aliphatic rings. The number of nitrogens with one attached hydrogen (secondary N) is 1. The number of methoxy groups -OCH3 is 1. The molecule has 0 unspecified atom stereocenters. The van der Waals surface area contributed by atoms with Crippen LogP contribution in [0, 0.1) is 19.3 Å². The second kappa shape index (κ2) is 12.4. The van der Waals surface area contributed by atoms with Crippen molar-refractivity contribution < 1.29 is 22.7 Å². The molecule has 1 aliphatic carbocycles. The fourth-order valence-electron chi connectivity index (χ4n) is 7.01. The van der Waals surface area contributed by atoms with Crippen molar-refractivity contribution in [2.45, 2.75) is 69.9 Å². The molecule has 1 N–H and O–H groups in total. The van der Waals surface area contributed by atoms with Crippen molar-refractivity contribution in [2.24, 2.45) is 5.41 Å². The summed E-state index contributed by atoms with van der Waals surface area (Å²) >= 11 is 0. The zero-order valence-electron chi connectivity index (χ0n) is 26.4. The number of hydrogen-bond acceptors (Lipinski definition) is 7. The van der Waals surface area contributed by atoms with Gasteiger partial charge in [0.05, 0.1) is 41.3 Å². The van der Waals surface area contributed by atoms with E-state index in [0.717, 1.165) is 44.3 Å². The van der Waals surface area contributed by atoms with Crippen LogP contribution < -0.4 is 9.47 Å². The number of aromatic nitrogens is 3. The molecule has 1 aliphatic heterocycles. The van der Waals surface area contributed by atoms with Crippen molar-refractivity contribution in [2.75, 3.05) is 27.2 Å². The van der Waals surface area contributed by atoms with Gasteiger partial charge in [0.25, 0.3) is 5.91 Å². The number of ether oxygens (including phenoxy) is 2. The van der Waals surface area contributed by atoms with Gasteiger partial charge in [-0.25, -0.2) is 13.4 Å². The Morgan fingerprint density at radius 2 is 1.69 bits per heavy atom. The van der Waals surface area contributed by atoms with E-state index in [0.29, 0.717) is 52.4 Å². The maximum atomic E-state index is 13.8. The highest BCUT2D eigenvalue weighted by Crippen LogP contribution is 2.45. The standard InChI is InChI=1S/C34H41N5O5S/c1-23-20-27(43-4)21-24(2)32(23)45(41,42)38(3)22-30-36-29-7-5-6-28(31(29)37-30)33(40)39-18-14-34(15-19-39)12-8-25(9-13-34)44-26-10-16-35-17-11-26/h5-7,10-11,16-17,20-21,25H,8-9,12-15,18-19,22H2,1-4H3,(H,36,37). The lowest BCUT2D eigenvalue weighted by Gasteiger charge is -2.45. The molecule has 1 spiro atoms. The number of sulfonamides is 1. The number of H-pyrrole nitrogens is 1. The van der Waals surface area contributed by atoms with Crippen LogP contribution in [0.1, 0.15) is 65.8 Å². The minimum Gasteiger partial charge on any atom is -0.497 e. The fourth-order valence-corrected chi connectivity index (χ4v) is 8.54. The number of nitrogens with zero attached hydrogens (tertiary/aromatic N) is 4. The third kappa shape index (κ3) is 6.28. The molecule has 0 bridgehead atoms. The molecule has 11 heteroatoms. The SMILES string of the molecule is COc1cc(C)c(S(=O)(=O)N(C)Cc2nc3cccc(C(=O)N4CCC5(CCC(Oc6ccncc6)CC5)CC4)c3[nH]2)c(C)c1. The molecular formula is C34H41N5O5S. The van der Waals surface area contributed by atoms with Gasteiger partial charge in [-0.15, -0.1) is 0 Å². The molecule has 1 saturated carbocycles. The predicted molar refractivity (Wildman–Crippen MR) is 172 cm³/mol. The van der Waals surface area contributed by atoms with Crippen molar-refractivity contribution in [3.63, 3.8) is 0 Å². The first kappa shape index (κ1) is 31.0. The Morgan fingerprint density at radius 3 is 2.33 bits per heavy atom. The number of amides is 1. The van der Waals surface area contributed by atoms with Crippen LogP contribution in [-0.4, -0.2) is 71.8 Å². The van der Waals surface area contributed by atoms with E-state index in [2.05, 4.69) is 15.0 Å². The average molecular weight is 632 g/mol. The number of rotatable bonds is 8. The molecule has 2 fully saturated rings. The normalized spacial score (nSPS) is 17.2. The lowest BCUT2D eigenvalue weighted by atomic mass is 9.67. The summed E-state index contributed by atoms with van der Waals surface area (Å²) in [7, 11) is -0.704. The monoisotopic (exact) mass is 631 g/mol. The summed E-state index contributed by atoms with van der Waals surface area (Å²) < 4.78 is 39.9. The van der Waals surface area contributed by atoms with E-state index < -0.39 is 10.0 Å². The molecule has 0 radical (unpaired) electrons. The Labute approximate surface area is 264 Å². The maximum Gasteiger partial charge on any atom is 0.256 e. The quantitative estimate of drug-likeness (QED) is 0.267. The number of fused-ring (bicyclic) bond motifs is 1. The van der Waals surface area contributed by atoms with Crippen molar-refractivity contribution >= 4 is 27.0 Å². The minimum absolute atomic E-state index is 0.0224. The van der Waals surface area contributed by atoms with Gasteiger partial charge in [0.15, 0.2) is 0 Å². The number of pyridine rings is 1. The van der Waals surface area contributed by atoms with Gasteiger partial charge in [0, 0.05) is 32.5 Å². The smallest absolute Gasteiger partial charge is 0.256 e. The largest absolute Gasteiger partial charge is 0.497 e. The Hall–Kier alpha value is -3.96. The van der Waals surface area contributed by atoms with Gasteiger partial charge in [-0.3, -0.25) is 9.78 Å². The van der Waals surface area contributed by atoms with Crippen LogP contribution in [0.4, 0.5) is 0 Å². The summed E-state index contributed by atoms with van der Waals surface area (Å²) in [6.45, 7) is 5.00. The van der Waals surface area contributed by atoms with Crippen molar-refractivity contribution in [1.29, 1.82) is 0 Å². The van der Waals surface area contributed by atoms with Gasteiger partial charge < -0.3 is 19.4 Å². The summed E-state index contributed by atoms with van der Waals surface area (Å²) in [5.41, 5.74) is 3.33. The van der Waals surface area contributed by atoms with E-state index in [1.807, 2.05) is 35.2 Å². The van der Waals surface area contributed by atoms with Gasteiger partial charge in [-0.1, -0.05) is 6.07 Å². The third-order valence-electron chi connectivity index (χ3n) is 9.56. The lowest BCUT2D eigenvalue weighted by molar-refractivity contribution is 0.0240. The molecule has 45 heavy (non-hydrogen) atoms. The number of likely N-dealkylation sites (tertiary alicyclic amines) is 1. The number of imidazole rings is 1. The first-order valence-electron chi connectivity index (χ1n) is 15.5. The lowest BCUT2D eigenvalue weighted by Crippen LogP contribution is -2.45. The van der Waals surface area contributed by atoms with Gasteiger partial charge >= 0.3 is 0 Å². The van der Waals surface area contributed by atoms with E-state index >= 15 is 0 Å². The highest BCUT2D eigenvalue weighted by molar-refractivity contribution is 7.89. The highest BCUT2D eigenvalue weighted by Gasteiger charge is 2.40. The van der Waals surface area contributed by atoms with Crippen molar-refractivity contribution in [3.05, 3.63) is 77.4 Å². The summed E-state index contributed by atoms with van der Waals surface area (Å²) in [6, 6.07) is 12.8. The van der Waals surface area contributed by atoms with Crippen LogP contribution in [0.5, 0.6) is 11.5 Å². The maximum absolute atomic E-state index is 13.8. The van der Waals surface area contributed by atoms with Crippen LogP contribution >= 0.6 is 0 Å². The molecule has 0 atom stereocenters. The Kier molecular flexibility index (Phi) is 8.58. The number of aryl methyl sites for hydroxylation is 2. The molecule has 238 valence electrons. The molecular weight excluding hydrogens is 590 g/mol. The molecule has 1 amide bonds. The van der Waals surface area contributed by atoms with E-state index in [4.69, 9.17) is 9.47 Å². The third-order valence-corrected chi connectivity index (χ3v) is 11.7. The number of aromatic amines is 1. The van der Waals surface area contributed by atoms with Crippen LogP contribution in [0.3, 0.4) is 0 Å². The van der Waals surface area contributed by atoms with Crippen molar-refractivity contribution in [1.82, 2.24) is 24.2 Å². The topological polar surface area (TPSA) is 118 Å². The van der Waals surface area contributed by atoms with Crippen LogP contribution in [0.15, 0.2) is 59.8 Å². The number of para-hydroxylation sites is 1. The van der Waals surface area contributed by atoms with Crippen molar-refractivity contribution in [3.8, 4) is 11.5 Å². The first-order chi connectivity index (χ1) is 21.6. The number of benzene rings is 2. The Bertz CT molecular complexity index is 1770. The zero-order valence-corrected chi connectivity index (χ0v) is 27.2. The van der Waals surface area contributed by atoms with E-state index in [-0.39, 0.29) is 28.9 Å².